The molecule has 220 valence electrons. The van der Waals surface area contributed by atoms with Gasteiger partial charge < -0.3 is 25.4 Å². The van der Waals surface area contributed by atoms with Crippen LogP contribution in [0, 0.1) is 5.92 Å². The Hall–Kier alpha value is -3.60. The molecule has 1 fully saturated rings. The third-order valence-corrected chi connectivity index (χ3v) is 6.25. The summed E-state index contributed by atoms with van der Waals surface area (Å²) < 4.78 is 9.93. The van der Waals surface area contributed by atoms with Gasteiger partial charge in [0.2, 0.25) is 11.7 Å². The molecule has 1 saturated carbocycles. The zero-order chi connectivity index (χ0) is 29.5. The van der Waals surface area contributed by atoms with Gasteiger partial charge in [0.15, 0.2) is 0 Å². The molecule has 0 aromatic heterocycles. The van der Waals surface area contributed by atoms with Gasteiger partial charge in [0.1, 0.15) is 30.3 Å². The normalized spacial score (nSPS) is 14.1. The number of hydrogen-bond donors (Lipinski definition) is 3. The predicted octanol–water partition coefficient (Wildman–Crippen LogP) is 2.05. The van der Waals surface area contributed by atoms with Gasteiger partial charge in [-0.2, -0.15) is 0 Å². The van der Waals surface area contributed by atoms with Crippen LogP contribution in [0.15, 0.2) is 30.3 Å². The highest BCUT2D eigenvalue weighted by Gasteiger charge is 2.33. The molecule has 0 aliphatic heterocycles. The van der Waals surface area contributed by atoms with Crippen molar-refractivity contribution < 1.29 is 38.2 Å². The van der Waals surface area contributed by atoms with Crippen molar-refractivity contribution in [1.29, 1.82) is 0 Å². The molecule has 0 bridgehead atoms. The molecule has 0 heterocycles. The number of nitrogens with one attached hydrogen (secondary N) is 3. The Morgan fingerprint density at radius 2 is 1.48 bits per heavy atom. The molecule has 40 heavy (non-hydrogen) atoms. The number of benzene rings is 1. The first-order valence-corrected chi connectivity index (χ1v) is 13.7. The van der Waals surface area contributed by atoms with Gasteiger partial charge in [-0.05, 0) is 30.7 Å². The summed E-state index contributed by atoms with van der Waals surface area (Å²) in [6.45, 7) is 3.84. The number of hydrogen-bond acceptors (Lipinski definition) is 8. The van der Waals surface area contributed by atoms with Crippen LogP contribution in [-0.4, -0.2) is 73.7 Å². The minimum atomic E-state index is -1.12. The van der Waals surface area contributed by atoms with Gasteiger partial charge in [0.05, 0.1) is 6.61 Å². The fraction of sp³-hybridized carbons (Fsp3) is 0.586. The monoisotopic (exact) mass is 559 g/mol. The van der Waals surface area contributed by atoms with E-state index in [1.54, 1.807) is 24.3 Å². The van der Waals surface area contributed by atoms with Crippen LogP contribution in [-0.2, 0) is 39.9 Å². The molecule has 1 aliphatic carbocycles. The molecule has 1 aromatic rings. The number of alkyl carbamates (subject to hydrolysis) is 1. The second-order valence-corrected chi connectivity index (χ2v) is 10.4. The van der Waals surface area contributed by atoms with Gasteiger partial charge in [-0.1, -0.05) is 44.2 Å². The molecule has 0 saturated heterocycles. The second kappa shape index (κ2) is 17.2. The fourth-order valence-electron chi connectivity index (χ4n) is 3.86. The first kappa shape index (κ1) is 32.6. The summed E-state index contributed by atoms with van der Waals surface area (Å²) in [5, 5.41) is 7.82. The molecule has 11 heteroatoms. The molecular weight excluding hydrogens is 518 g/mol. The third kappa shape index (κ3) is 13.0. The van der Waals surface area contributed by atoms with E-state index in [1.165, 1.54) is 7.11 Å². The maximum Gasteiger partial charge on any atom is 0.407 e. The Kier molecular flexibility index (Phi) is 14.0. The average Bonchev–Trinajstić information content (AvgIpc) is 3.73. The largest absolute Gasteiger partial charge is 0.449 e. The lowest BCUT2D eigenvalue weighted by atomic mass is 9.99. The van der Waals surface area contributed by atoms with E-state index in [2.05, 4.69) is 16.0 Å². The molecule has 1 aliphatic rings. The number of ether oxygens (including phenoxy) is 2. The lowest BCUT2D eigenvalue weighted by Crippen LogP contribution is -2.55. The molecule has 0 radical (unpaired) electrons. The first-order chi connectivity index (χ1) is 19.1. The van der Waals surface area contributed by atoms with Gasteiger partial charge in [-0.3, -0.25) is 24.0 Å². The summed E-state index contributed by atoms with van der Waals surface area (Å²) in [6, 6.07) is 6.84. The van der Waals surface area contributed by atoms with Gasteiger partial charge in [-0.25, -0.2) is 4.79 Å². The van der Waals surface area contributed by atoms with Crippen molar-refractivity contribution in [3.05, 3.63) is 35.9 Å². The van der Waals surface area contributed by atoms with E-state index in [0.717, 1.165) is 18.4 Å². The van der Waals surface area contributed by atoms with Crippen LogP contribution in [0.25, 0.3) is 0 Å². The van der Waals surface area contributed by atoms with Gasteiger partial charge in [0.25, 0.3) is 5.91 Å². The van der Waals surface area contributed by atoms with Gasteiger partial charge in [-0.15, -0.1) is 0 Å². The zero-order valence-electron chi connectivity index (χ0n) is 23.5. The highest BCUT2D eigenvalue weighted by Crippen LogP contribution is 2.18. The molecule has 3 N–H and O–H groups in total. The lowest BCUT2D eigenvalue weighted by Gasteiger charge is -2.23. The number of methoxy groups -OCH3 is 1. The fourth-order valence-corrected chi connectivity index (χ4v) is 3.86. The number of amides is 3. The molecule has 2 atom stereocenters. The molecular formula is C29H41N3O8. The van der Waals surface area contributed by atoms with Crippen molar-refractivity contribution >= 4 is 35.3 Å². The zero-order valence-corrected chi connectivity index (χ0v) is 23.5. The Morgan fingerprint density at radius 1 is 0.850 bits per heavy atom. The molecule has 0 spiro atoms. The van der Waals surface area contributed by atoms with E-state index in [9.17, 15) is 28.8 Å². The maximum atomic E-state index is 13.2. The van der Waals surface area contributed by atoms with Crippen molar-refractivity contribution in [3.8, 4) is 0 Å². The lowest BCUT2D eigenvalue weighted by molar-refractivity contribution is -0.140. The highest BCUT2D eigenvalue weighted by atomic mass is 16.5. The Labute approximate surface area is 235 Å². The van der Waals surface area contributed by atoms with Crippen LogP contribution in [0.1, 0.15) is 64.4 Å². The number of carbonyl (C=O) groups is 6. The van der Waals surface area contributed by atoms with Crippen LogP contribution >= 0.6 is 0 Å². The van der Waals surface area contributed by atoms with E-state index >= 15 is 0 Å². The van der Waals surface area contributed by atoms with E-state index in [-0.39, 0.29) is 68.7 Å². The number of ketones is 3. The molecule has 2 unspecified atom stereocenters. The van der Waals surface area contributed by atoms with Gasteiger partial charge in [0, 0.05) is 45.3 Å². The SMILES string of the molecule is COCCC(=O)CCC(=O)CCOC(=O)NC(CC(C)C)C(=O)NC(Cc1ccccc1)C(=O)C(=O)NC1CC1. The summed E-state index contributed by atoms with van der Waals surface area (Å²) >= 11 is 0. The van der Waals surface area contributed by atoms with Crippen LogP contribution in [0.3, 0.4) is 0 Å². The Morgan fingerprint density at radius 3 is 2.05 bits per heavy atom. The van der Waals surface area contributed by atoms with Crippen molar-refractivity contribution in [3.63, 3.8) is 0 Å². The quantitative estimate of drug-likeness (QED) is 0.217. The van der Waals surface area contributed by atoms with E-state index in [0.29, 0.717) is 6.61 Å². The highest BCUT2D eigenvalue weighted by molar-refractivity contribution is 6.38. The van der Waals surface area contributed by atoms with Crippen molar-refractivity contribution in [2.24, 2.45) is 5.92 Å². The summed E-state index contributed by atoms with van der Waals surface area (Å²) in [5.41, 5.74) is 0.762. The van der Waals surface area contributed by atoms with E-state index in [4.69, 9.17) is 9.47 Å². The average molecular weight is 560 g/mol. The van der Waals surface area contributed by atoms with Crippen molar-refractivity contribution in [2.75, 3.05) is 20.3 Å². The van der Waals surface area contributed by atoms with Gasteiger partial charge >= 0.3 is 6.09 Å². The molecule has 3 amide bonds. The Balaban J connectivity index is 1.93. The van der Waals surface area contributed by atoms with E-state index in [1.807, 2.05) is 19.9 Å². The minimum absolute atomic E-state index is 0.00899. The minimum Gasteiger partial charge on any atom is -0.449 e. The van der Waals surface area contributed by atoms with Crippen LogP contribution in [0.2, 0.25) is 0 Å². The van der Waals surface area contributed by atoms with Crippen molar-refractivity contribution in [1.82, 2.24) is 16.0 Å². The van der Waals surface area contributed by atoms with Crippen LogP contribution in [0.4, 0.5) is 4.79 Å². The predicted molar refractivity (Wildman–Crippen MR) is 146 cm³/mol. The molecule has 2 rings (SSSR count). The summed E-state index contributed by atoms with van der Waals surface area (Å²) in [4.78, 5) is 74.8. The first-order valence-electron chi connectivity index (χ1n) is 13.7. The number of Topliss-reactive ketones (excluding diaryl/α,β-unsaturated/α-hetero) is 3. The Bertz CT molecular complexity index is 1020. The van der Waals surface area contributed by atoms with E-state index < -0.39 is 35.8 Å². The molecule has 11 nitrogen and oxygen atoms in total. The maximum absolute atomic E-state index is 13.2. The topological polar surface area (TPSA) is 157 Å². The smallest absolute Gasteiger partial charge is 0.407 e. The number of rotatable bonds is 19. The van der Waals surface area contributed by atoms with Crippen LogP contribution < -0.4 is 16.0 Å². The van der Waals surface area contributed by atoms with Crippen LogP contribution in [0.5, 0.6) is 0 Å². The summed E-state index contributed by atoms with van der Waals surface area (Å²) in [5.74, 6) is -2.41. The summed E-state index contributed by atoms with van der Waals surface area (Å²) in [7, 11) is 1.49. The molecule has 1 aromatic carbocycles. The summed E-state index contributed by atoms with van der Waals surface area (Å²) in [6.07, 6.45) is 1.44. The third-order valence-electron chi connectivity index (χ3n) is 6.25. The second-order valence-electron chi connectivity index (χ2n) is 10.4. The standard InChI is InChI=1S/C29H41N3O8/c1-19(2)17-25(32-29(38)40-16-14-23(34)12-11-22(33)13-15-39-3)27(36)31-24(18-20-7-5-4-6-8-20)26(35)28(37)30-21-9-10-21/h4-8,19,21,24-25H,9-18H2,1-3H3,(H,30,37)(H,31,36)(H,32,38). The number of carbonyl (C=O) groups excluding carboxylic acids is 6. The van der Waals surface area contributed by atoms with Crippen molar-refractivity contribution in [2.45, 2.75) is 83.3 Å².